The molecule has 2 aromatic heterocycles. The minimum atomic E-state index is -0.0521. The summed E-state index contributed by atoms with van der Waals surface area (Å²) in [5.74, 6) is 1.07. The van der Waals surface area contributed by atoms with Crippen molar-refractivity contribution < 1.29 is 9.21 Å². The Hall–Kier alpha value is -2.10. The Balaban J connectivity index is 1.95. The highest BCUT2D eigenvalue weighted by Crippen LogP contribution is 2.17. The first-order valence-corrected chi connectivity index (χ1v) is 5.87. The van der Waals surface area contributed by atoms with Crippen molar-refractivity contribution in [3.05, 3.63) is 48.0 Å². The molecule has 0 fully saturated rings. The molecule has 4 heteroatoms. The van der Waals surface area contributed by atoms with Gasteiger partial charge in [-0.15, -0.1) is 0 Å². The van der Waals surface area contributed by atoms with Crippen LogP contribution in [0.3, 0.4) is 0 Å². The van der Waals surface area contributed by atoms with Gasteiger partial charge < -0.3 is 9.32 Å². The van der Waals surface area contributed by atoms with Gasteiger partial charge in [-0.05, 0) is 30.2 Å². The second-order valence-electron chi connectivity index (χ2n) is 4.22. The highest BCUT2D eigenvalue weighted by Gasteiger charge is 2.09. The van der Waals surface area contributed by atoms with E-state index < -0.39 is 0 Å². The summed E-state index contributed by atoms with van der Waals surface area (Å²) >= 11 is 0. The summed E-state index contributed by atoms with van der Waals surface area (Å²) in [5, 5.41) is 0. The summed E-state index contributed by atoms with van der Waals surface area (Å²) in [6.45, 7) is 2.33. The van der Waals surface area contributed by atoms with Crippen LogP contribution in [0.4, 0.5) is 5.88 Å². The molecule has 0 saturated heterocycles. The zero-order valence-electron chi connectivity index (χ0n) is 10.6. The zero-order chi connectivity index (χ0) is 13.0. The van der Waals surface area contributed by atoms with Crippen LogP contribution in [0, 0.1) is 0 Å². The molecule has 0 unspecified atom stereocenters. The Morgan fingerprint density at radius 3 is 2.61 bits per heavy atom. The molecule has 0 aliphatic carbocycles. The van der Waals surface area contributed by atoms with Crippen molar-refractivity contribution in [1.82, 2.24) is 4.98 Å². The molecule has 2 rings (SSSR count). The predicted molar refractivity (Wildman–Crippen MR) is 69.9 cm³/mol. The van der Waals surface area contributed by atoms with E-state index in [0.29, 0.717) is 11.6 Å². The topological polar surface area (TPSA) is 46.3 Å². The van der Waals surface area contributed by atoms with Gasteiger partial charge in [0, 0.05) is 39.0 Å². The van der Waals surface area contributed by atoms with Crippen molar-refractivity contribution in [3.63, 3.8) is 0 Å². The molecular weight excluding hydrogens is 228 g/mol. The lowest BCUT2D eigenvalue weighted by atomic mass is 10.2. The number of pyridine rings is 1. The molecule has 94 valence electrons. The van der Waals surface area contributed by atoms with Crippen LogP contribution in [-0.2, 0) is 6.42 Å². The maximum Gasteiger partial charge on any atom is 0.196 e. The fraction of sp³-hybridized carbons (Fsp3) is 0.286. The quantitative estimate of drug-likeness (QED) is 0.758. The number of carbonyl (C=O) groups is 1. The average molecular weight is 244 g/mol. The summed E-state index contributed by atoms with van der Waals surface area (Å²) in [6, 6.07) is 7.53. The van der Waals surface area contributed by atoms with Gasteiger partial charge in [-0.3, -0.25) is 9.78 Å². The van der Waals surface area contributed by atoms with Crippen LogP contribution in [0.2, 0.25) is 0 Å². The molecule has 4 nitrogen and oxygen atoms in total. The zero-order valence-corrected chi connectivity index (χ0v) is 10.6. The van der Waals surface area contributed by atoms with Gasteiger partial charge in [-0.2, -0.15) is 0 Å². The van der Waals surface area contributed by atoms with E-state index in [1.54, 1.807) is 18.5 Å². The maximum absolute atomic E-state index is 11.1. The number of hydrogen-bond acceptors (Lipinski definition) is 4. The van der Waals surface area contributed by atoms with Gasteiger partial charge in [0.05, 0.1) is 0 Å². The molecule has 0 aliphatic rings. The van der Waals surface area contributed by atoms with Crippen LogP contribution in [0.15, 0.2) is 41.1 Å². The van der Waals surface area contributed by atoms with Crippen LogP contribution in [0.1, 0.15) is 23.0 Å². The number of aromatic nitrogens is 1. The molecular formula is C14H16N2O2. The number of rotatable bonds is 5. The van der Waals surface area contributed by atoms with Crippen molar-refractivity contribution in [1.29, 1.82) is 0 Å². The average Bonchev–Trinajstić information content (AvgIpc) is 2.87. The van der Waals surface area contributed by atoms with Gasteiger partial charge >= 0.3 is 0 Å². The standard InChI is InChI=1S/C14H16N2O2/c1-11(17)13-3-4-14(18-13)16(2)10-7-12-5-8-15-9-6-12/h3-6,8-9H,7,10H2,1-2H3. The number of nitrogens with zero attached hydrogens (tertiary/aromatic N) is 2. The van der Waals surface area contributed by atoms with E-state index >= 15 is 0 Å². The van der Waals surface area contributed by atoms with Crippen molar-refractivity contribution in [2.45, 2.75) is 13.3 Å². The number of likely N-dealkylation sites (N-methyl/N-ethyl adjacent to an activating group) is 1. The Kier molecular flexibility index (Phi) is 3.77. The minimum absolute atomic E-state index is 0.0521. The van der Waals surface area contributed by atoms with E-state index in [-0.39, 0.29) is 5.78 Å². The molecule has 0 amide bonds. The van der Waals surface area contributed by atoms with Crippen molar-refractivity contribution in [2.24, 2.45) is 0 Å². The normalized spacial score (nSPS) is 10.3. The first-order valence-electron chi connectivity index (χ1n) is 5.87. The molecule has 0 N–H and O–H groups in total. The first-order chi connectivity index (χ1) is 8.66. The van der Waals surface area contributed by atoms with Gasteiger partial charge in [0.2, 0.25) is 0 Å². The summed E-state index contributed by atoms with van der Waals surface area (Å²) in [5.41, 5.74) is 1.23. The Labute approximate surface area is 106 Å². The van der Waals surface area contributed by atoms with Gasteiger partial charge in [0.25, 0.3) is 0 Å². The first kappa shape index (κ1) is 12.4. The molecule has 18 heavy (non-hydrogen) atoms. The molecule has 0 aliphatic heterocycles. The highest BCUT2D eigenvalue weighted by atomic mass is 16.4. The predicted octanol–water partition coefficient (Wildman–Crippen LogP) is 2.56. The van der Waals surface area contributed by atoms with Crippen LogP contribution in [-0.4, -0.2) is 24.4 Å². The van der Waals surface area contributed by atoms with Crippen LogP contribution >= 0.6 is 0 Å². The fourth-order valence-electron chi connectivity index (χ4n) is 1.68. The number of hydrogen-bond donors (Lipinski definition) is 0. The van der Waals surface area contributed by atoms with Crippen molar-refractivity contribution >= 4 is 11.7 Å². The van der Waals surface area contributed by atoms with Gasteiger partial charge in [0.15, 0.2) is 17.4 Å². The Morgan fingerprint density at radius 1 is 1.28 bits per heavy atom. The van der Waals surface area contributed by atoms with Crippen molar-refractivity contribution in [3.8, 4) is 0 Å². The van der Waals surface area contributed by atoms with E-state index in [2.05, 4.69) is 4.98 Å². The van der Waals surface area contributed by atoms with Gasteiger partial charge in [0.1, 0.15) is 0 Å². The smallest absolute Gasteiger partial charge is 0.196 e. The molecule has 0 bridgehead atoms. The lowest BCUT2D eigenvalue weighted by Gasteiger charge is -2.15. The second kappa shape index (κ2) is 5.49. The number of furan rings is 1. The van der Waals surface area contributed by atoms with E-state index in [4.69, 9.17) is 4.42 Å². The van der Waals surface area contributed by atoms with Crippen LogP contribution in [0.5, 0.6) is 0 Å². The van der Waals surface area contributed by atoms with Gasteiger partial charge in [-0.25, -0.2) is 0 Å². The van der Waals surface area contributed by atoms with Crippen LogP contribution in [0.25, 0.3) is 0 Å². The van der Waals surface area contributed by atoms with E-state index in [0.717, 1.165) is 13.0 Å². The lowest BCUT2D eigenvalue weighted by molar-refractivity contribution is 0.0988. The third kappa shape index (κ3) is 2.97. The van der Waals surface area contributed by atoms with E-state index in [1.165, 1.54) is 12.5 Å². The molecule has 2 aromatic rings. The van der Waals surface area contributed by atoms with Crippen molar-refractivity contribution in [2.75, 3.05) is 18.5 Å². The Bertz CT molecular complexity index is 520. The number of ketones is 1. The SMILES string of the molecule is CC(=O)c1ccc(N(C)CCc2ccncc2)o1. The second-order valence-corrected chi connectivity index (χ2v) is 4.22. The minimum Gasteiger partial charge on any atom is -0.437 e. The van der Waals surface area contributed by atoms with E-state index in [9.17, 15) is 4.79 Å². The lowest BCUT2D eigenvalue weighted by Crippen LogP contribution is -2.19. The summed E-state index contributed by atoms with van der Waals surface area (Å²) < 4.78 is 5.46. The summed E-state index contributed by atoms with van der Waals surface area (Å²) in [6.07, 6.45) is 4.49. The van der Waals surface area contributed by atoms with Gasteiger partial charge in [-0.1, -0.05) is 0 Å². The largest absolute Gasteiger partial charge is 0.437 e. The van der Waals surface area contributed by atoms with E-state index in [1.807, 2.05) is 30.1 Å². The number of carbonyl (C=O) groups excluding carboxylic acids is 1. The van der Waals surface area contributed by atoms with Crippen LogP contribution < -0.4 is 4.90 Å². The molecule has 2 heterocycles. The molecule has 0 radical (unpaired) electrons. The fourth-order valence-corrected chi connectivity index (χ4v) is 1.68. The maximum atomic E-state index is 11.1. The molecule has 0 saturated carbocycles. The summed E-state index contributed by atoms with van der Waals surface area (Å²) in [4.78, 5) is 17.1. The molecule has 0 atom stereocenters. The third-order valence-electron chi connectivity index (χ3n) is 2.80. The summed E-state index contributed by atoms with van der Waals surface area (Å²) in [7, 11) is 1.95. The highest BCUT2D eigenvalue weighted by molar-refractivity contribution is 5.91. The number of anilines is 1. The number of Topliss-reactive ketones (excluding diaryl/α,β-unsaturated/α-hetero) is 1. The molecule has 0 aromatic carbocycles. The monoisotopic (exact) mass is 244 g/mol. The Morgan fingerprint density at radius 2 is 2.00 bits per heavy atom. The molecule has 0 spiro atoms. The third-order valence-corrected chi connectivity index (χ3v) is 2.80.